The monoisotopic (exact) mass is 411 g/mol. The predicted molar refractivity (Wildman–Crippen MR) is 125 cm³/mol. The molecule has 0 N–H and O–H groups in total. The highest BCUT2D eigenvalue weighted by atomic mass is 15.3. The fourth-order valence-electron chi connectivity index (χ4n) is 8.80. The average molecular weight is 412 g/mol. The summed E-state index contributed by atoms with van der Waals surface area (Å²) in [5.74, 6) is 1.99. The van der Waals surface area contributed by atoms with Gasteiger partial charge in [-0.3, -0.25) is 14.7 Å². The quantitative estimate of drug-likeness (QED) is 0.598. The lowest BCUT2D eigenvalue weighted by Crippen LogP contribution is -2.64. The van der Waals surface area contributed by atoms with Crippen molar-refractivity contribution in [1.29, 1.82) is 0 Å². The summed E-state index contributed by atoms with van der Waals surface area (Å²) in [6, 6.07) is 5.29. The molecule has 0 radical (unpaired) electrons. The van der Waals surface area contributed by atoms with Crippen molar-refractivity contribution in [2.75, 3.05) is 19.6 Å². The molecule has 6 heterocycles. The van der Waals surface area contributed by atoms with Gasteiger partial charge in [0.1, 0.15) is 0 Å². The van der Waals surface area contributed by atoms with Crippen LogP contribution in [0, 0.1) is 11.8 Å². The molecule has 168 valence electrons. The molecule has 3 nitrogen and oxygen atoms in total. The van der Waals surface area contributed by atoms with Crippen molar-refractivity contribution >= 4 is 0 Å². The molecule has 0 aromatic carbocycles. The van der Waals surface area contributed by atoms with E-state index in [9.17, 15) is 0 Å². The van der Waals surface area contributed by atoms with Gasteiger partial charge in [-0.1, -0.05) is 31.4 Å². The molecule has 8 atom stereocenters. The van der Waals surface area contributed by atoms with Crippen LogP contribution in [-0.2, 0) is 0 Å². The second-order valence-electron chi connectivity index (χ2n) is 11.8. The molecule has 6 rings (SSSR count). The van der Waals surface area contributed by atoms with Gasteiger partial charge in [-0.25, -0.2) is 0 Å². The maximum Gasteiger partial charge on any atom is 0.0281 e. The lowest BCUT2D eigenvalue weighted by atomic mass is 9.72. The van der Waals surface area contributed by atoms with Crippen LogP contribution in [0.1, 0.15) is 90.4 Å². The Kier molecular flexibility index (Phi) is 5.75. The van der Waals surface area contributed by atoms with E-state index in [1.165, 1.54) is 103 Å². The Morgan fingerprint density at radius 2 is 1.43 bits per heavy atom. The molecule has 5 saturated heterocycles. The SMILES string of the molecule is CC1CCCC2C(CC3CCCC4C(CC5CCCC6C=CCCN65)CN34)CCN12. The number of piperidine rings is 3. The molecule has 6 aliphatic rings. The van der Waals surface area contributed by atoms with Gasteiger partial charge < -0.3 is 0 Å². The Morgan fingerprint density at radius 1 is 0.700 bits per heavy atom. The van der Waals surface area contributed by atoms with Crippen molar-refractivity contribution in [1.82, 2.24) is 14.7 Å². The Balaban J connectivity index is 1.05. The predicted octanol–water partition coefficient (Wildman–Crippen LogP) is 5.07. The lowest BCUT2D eigenvalue weighted by Gasteiger charge is -2.57. The molecular weight excluding hydrogens is 366 g/mol. The van der Waals surface area contributed by atoms with Crippen LogP contribution in [-0.4, -0.2) is 70.6 Å². The fraction of sp³-hybridized carbons (Fsp3) is 0.926. The smallest absolute Gasteiger partial charge is 0.0281 e. The first-order valence-corrected chi connectivity index (χ1v) is 13.7. The normalized spacial score (nSPS) is 47.4. The third kappa shape index (κ3) is 3.61. The molecule has 0 saturated carbocycles. The average Bonchev–Trinajstić information content (AvgIpc) is 3.17. The van der Waals surface area contributed by atoms with E-state index in [-0.39, 0.29) is 0 Å². The molecule has 0 aliphatic carbocycles. The van der Waals surface area contributed by atoms with Gasteiger partial charge in [-0.2, -0.15) is 0 Å². The molecule has 3 heteroatoms. The first kappa shape index (κ1) is 20.2. The molecule has 0 spiro atoms. The molecule has 0 bridgehead atoms. The maximum absolute atomic E-state index is 3.00. The van der Waals surface area contributed by atoms with Gasteiger partial charge in [-0.05, 0) is 89.5 Å². The maximum atomic E-state index is 3.00. The van der Waals surface area contributed by atoms with Crippen LogP contribution in [0.25, 0.3) is 0 Å². The van der Waals surface area contributed by atoms with E-state index < -0.39 is 0 Å². The van der Waals surface area contributed by atoms with E-state index in [4.69, 9.17) is 0 Å². The number of hydrogen-bond donors (Lipinski definition) is 0. The summed E-state index contributed by atoms with van der Waals surface area (Å²) in [6.07, 6.45) is 24.0. The van der Waals surface area contributed by atoms with Crippen LogP contribution in [0.4, 0.5) is 0 Å². The van der Waals surface area contributed by atoms with Crippen molar-refractivity contribution in [3.8, 4) is 0 Å². The lowest BCUT2D eigenvalue weighted by molar-refractivity contribution is -0.0781. The zero-order chi connectivity index (χ0) is 20.1. The fourth-order valence-corrected chi connectivity index (χ4v) is 8.80. The number of hydrogen-bond acceptors (Lipinski definition) is 3. The van der Waals surface area contributed by atoms with Gasteiger partial charge >= 0.3 is 0 Å². The Hall–Kier alpha value is -0.380. The highest BCUT2D eigenvalue weighted by Gasteiger charge is 2.48. The summed E-state index contributed by atoms with van der Waals surface area (Å²) in [5, 5.41) is 0. The summed E-state index contributed by atoms with van der Waals surface area (Å²) in [6.45, 7) is 6.63. The minimum atomic E-state index is 0.774. The Bertz CT molecular complexity index is 632. The molecule has 8 unspecified atom stereocenters. The van der Waals surface area contributed by atoms with Gasteiger partial charge in [0.2, 0.25) is 0 Å². The van der Waals surface area contributed by atoms with Crippen molar-refractivity contribution in [3.05, 3.63) is 12.2 Å². The first-order chi connectivity index (χ1) is 14.8. The molecule has 30 heavy (non-hydrogen) atoms. The van der Waals surface area contributed by atoms with Crippen LogP contribution < -0.4 is 0 Å². The van der Waals surface area contributed by atoms with E-state index in [1.807, 2.05) is 0 Å². The van der Waals surface area contributed by atoms with Crippen molar-refractivity contribution in [3.63, 3.8) is 0 Å². The van der Waals surface area contributed by atoms with Crippen LogP contribution in [0.15, 0.2) is 12.2 Å². The molecule has 6 aliphatic heterocycles. The van der Waals surface area contributed by atoms with Crippen molar-refractivity contribution in [2.24, 2.45) is 11.8 Å². The minimum absolute atomic E-state index is 0.774. The number of rotatable bonds is 4. The number of fused-ring (bicyclic) bond motifs is 3. The third-order valence-corrected chi connectivity index (χ3v) is 10.3. The topological polar surface area (TPSA) is 9.72 Å². The summed E-state index contributed by atoms with van der Waals surface area (Å²) in [7, 11) is 0. The number of nitrogens with zero attached hydrogens (tertiary/aromatic N) is 3. The Morgan fingerprint density at radius 3 is 2.33 bits per heavy atom. The summed E-state index contributed by atoms with van der Waals surface area (Å²) < 4.78 is 0. The minimum Gasteiger partial charge on any atom is -0.297 e. The van der Waals surface area contributed by atoms with E-state index in [0.29, 0.717) is 0 Å². The first-order valence-electron chi connectivity index (χ1n) is 13.7. The van der Waals surface area contributed by atoms with E-state index in [0.717, 1.165) is 48.1 Å². The molecule has 0 aromatic heterocycles. The zero-order valence-corrected chi connectivity index (χ0v) is 19.4. The van der Waals surface area contributed by atoms with Gasteiger partial charge in [0.25, 0.3) is 0 Å². The third-order valence-electron chi connectivity index (χ3n) is 10.3. The molecule has 5 fully saturated rings. The van der Waals surface area contributed by atoms with E-state index in [1.54, 1.807) is 0 Å². The van der Waals surface area contributed by atoms with Crippen molar-refractivity contribution < 1.29 is 0 Å². The molecule has 0 aromatic rings. The van der Waals surface area contributed by atoms with Crippen LogP contribution in [0.2, 0.25) is 0 Å². The molecular formula is C27H45N3. The van der Waals surface area contributed by atoms with Crippen LogP contribution >= 0.6 is 0 Å². The van der Waals surface area contributed by atoms with Gasteiger partial charge in [0, 0.05) is 49.3 Å². The second kappa shape index (κ2) is 8.52. The highest BCUT2D eigenvalue weighted by Crippen LogP contribution is 2.45. The molecule has 0 amide bonds. The van der Waals surface area contributed by atoms with Gasteiger partial charge in [0.15, 0.2) is 0 Å². The van der Waals surface area contributed by atoms with E-state index in [2.05, 4.69) is 33.8 Å². The summed E-state index contributed by atoms with van der Waals surface area (Å²) in [5.41, 5.74) is 0. The van der Waals surface area contributed by atoms with Crippen LogP contribution in [0.3, 0.4) is 0 Å². The summed E-state index contributed by atoms with van der Waals surface area (Å²) in [4.78, 5) is 8.78. The van der Waals surface area contributed by atoms with Gasteiger partial charge in [0.05, 0.1) is 0 Å². The standard InChI is InChI=1S/C27H45N3/c1-20-7-4-12-26-21(14-16-28(20)26)17-25-11-6-13-27-22(19-30(25)27)18-24-10-5-9-23-8-2-3-15-29(23)24/h2,8,20-27H,3-7,9-19H2,1H3. The zero-order valence-electron chi connectivity index (χ0n) is 19.4. The Labute approximate surface area is 185 Å². The van der Waals surface area contributed by atoms with Crippen molar-refractivity contribution in [2.45, 2.75) is 127 Å². The highest BCUT2D eigenvalue weighted by molar-refractivity contribution is 5.06. The van der Waals surface area contributed by atoms with E-state index >= 15 is 0 Å². The van der Waals surface area contributed by atoms with Gasteiger partial charge in [-0.15, -0.1) is 0 Å². The van der Waals surface area contributed by atoms with Crippen LogP contribution in [0.5, 0.6) is 0 Å². The second-order valence-corrected chi connectivity index (χ2v) is 11.8. The largest absolute Gasteiger partial charge is 0.297 e. The summed E-state index contributed by atoms with van der Waals surface area (Å²) >= 11 is 0.